The van der Waals surface area contributed by atoms with Gasteiger partial charge >= 0.3 is 6.18 Å². The Labute approximate surface area is 143 Å². The molecule has 0 saturated carbocycles. The van der Waals surface area contributed by atoms with Crippen LogP contribution in [0.3, 0.4) is 0 Å². The van der Waals surface area contributed by atoms with Gasteiger partial charge in [0.2, 0.25) is 11.8 Å². The number of halogens is 3. The molecule has 2 N–H and O–H groups in total. The zero-order valence-corrected chi connectivity index (χ0v) is 14.1. The lowest BCUT2D eigenvalue weighted by atomic mass is 9.89. The number of hydrogen-bond donors (Lipinski definition) is 2. The average molecular weight is 358 g/mol. The molecule has 1 unspecified atom stereocenters. The van der Waals surface area contributed by atoms with Crippen LogP contribution >= 0.6 is 0 Å². The molecule has 9 heteroatoms. The Kier molecular flexibility index (Phi) is 5.54. The molecule has 25 heavy (non-hydrogen) atoms. The van der Waals surface area contributed by atoms with Crippen LogP contribution < -0.4 is 10.6 Å². The number of anilines is 1. The zero-order valence-electron chi connectivity index (χ0n) is 14.1. The van der Waals surface area contributed by atoms with Crippen molar-refractivity contribution in [1.82, 2.24) is 15.2 Å². The summed E-state index contributed by atoms with van der Waals surface area (Å²) in [5.41, 5.74) is -1.52. The van der Waals surface area contributed by atoms with Gasteiger partial charge in [-0.05, 0) is 25.5 Å². The largest absolute Gasteiger partial charge is 0.419 e. The second-order valence-electron chi connectivity index (χ2n) is 6.33. The second kappa shape index (κ2) is 7.28. The number of nitrogens with one attached hydrogen (secondary N) is 2. The molecule has 2 rings (SSSR count). The van der Waals surface area contributed by atoms with E-state index in [4.69, 9.17) is 0 Å². The van der Waals surface area contributed by atoms with Gasteiger partial charge in [-0.2, -0.15) is 13.2 Å². The molecule has 0 radical (unpaired) electrons. The quantitative estimate of drug-likeness (QED) is 0.789. The highest BCUT2D eigenvalue weighted by Gasteiger charge is 2.41. The van der Waals surface area contributed by atoms with Gasteiger partial charge < -0.3 is 15.5 Å². The number of aromatic nitrogens is 1. The second-order valence-corrected chi connectivity index (χ2v) is 6.33. The maximum absolute atomic E-state index is 12.9. The summed E-state index contributed by atoms with van der Waals surface area (Å²) in [5.74, 6) is -0.553. The smallest absolute Gasteiger partial charge is 0.368 e. The summed E-state index contributed by atoms with van der Waals surface area (Å²) in [6.45, 7) is 4.37. The van der Waals surface area contributed by atoms with Crippen LogP contribution in [0.5, 0.6) is 0 Å². The first-order valence-corrected chi connectivity index (χ1v) is 7.93. The lowest BCUT2D eigenvalue weighted by Crippen LogP contribution is -2.43. The van der Waals surface area contributed by atoms with E-state index in [0.29, 0.717) is 19.5 Å². The van der Waals surface area contributed by atoms with Gasteiger partial charge in [0.05, 0.1) is 11.0 Å². The minimum absolute atomic E-state index is 0.0759. The molecule has 0 bridgehead atoms. The molecule has 1 aliphatic heterocycles. The zero-order chi connectivity index (χ0) is 18.7. The molecule has 1 fully saturated rings. The number of carbonyl (C=O) groups excluding carboxylic acids is 2. The normalized spacial score (nSPS) is 20.4. The molecule has 6 nitrogen and oxygen atoms in total. The third-order valence-corrected chi connectivity index (χ3v) is 4.28. The Hall–Kier alpha value is -2.32. The van der Waals surface area contributed by atoms with Gasteiger partial charge in [-0.1, -0.05) is 0 Å². The van der Waals surface area contributed by atoms with E-state index >= 15 is 0 Å². The third-order valence-electron chi connectivity index (χ3n) is 4.28. The minimum atomic E-state index is -4.49. The van der Waals surface area contributed by atoms with Crippen molar-refractivity contribution in [2.24, 2.45) is 5.41 Å². The van der Waals surface area contributed by atoms with E-state index in [9.17, 15) is 22.8 Å². The van der Waals surface area contributed by atoms with Gasteiger partial charge in [-0.3, -0.25) is 9.59 Å². The Morgan fingerprint density at radius 3 is 2.68 bits per heavy atom. The fraction of sp³-hybridized carbons (Fsp3) is 0.562. The van der Waals surface area contributed by atoms with Crippen molar-refractivity contribution in [2.45, 2.75) is 26.4 Å². The highest BCUT2D eigenvalue weighted by atomic mass is 19.4. The van der Waals surface area contributed by atoms with E-state index < -0.39 is 17.2 Å². The van der Waals surface area contributed by atoms with Gasteiger partial charge in [0.15, 0.2) is 0 Å². The highest BCUT2D eigenvalue weighted by molar-refractivity contribution is 5.84. The van der Waals surface area contributed by atoms with E-state index in [1.807, 2.05) is 0 Å². The molecule has 0 aromatic carbocycles. The fourth-order valence-corrected chi connectivity index (χ4v) is 2.76. The summed E-state index contributed by atoms with van der Waals surface area (Å²) in [7, 11) is 0. The maximum atomic E-state index is 12.9. The van der Waals surface area contributed by atoms with Gasteiger partial charge in [-0.25, -0.2) is 4.98 Å². The number of pyridine rings is 1. The van der Waals surface area contributed by atoms with Gasteiger partial charge in [0.1, 0.15) is 5.82 Å². The molecular weight excluding hydrogens is 337 g/mol. The first kappa shape index (κ1) is 19.0. The third kappa shape index (κ3) is 4.61. The van der Waals surface area contributed by atoms with E-state index in [-0.39, 0.29) is 30.7 Å². The van der Waals surface area contributed by atoms with Crippen molar-refractivity contribution in [3.63, 3.8) is 0 Å². The molecule has 0 spiro atoms. The molecule has 2 amide bonds. The number of alkyl halides is 3. The fourth-order valence-electron chi connectivity index (χ4n) is 2.76. The summed E-state index contributed by atoms with van der Waals surface area (Å²) < 4.78 is 38.6. The van der Waals surface area contributed by atoms with Crippen LogP contribution in [0.15, 0.2) is 18.3 Å². The first-order valence-electron chi connectivity index (χ1n) is 7.93. The van der Waals surface area contributed by atoms with E-state index in [1.54, 1.807) is 11.8 Å². The van der Waals surface area contributed by atoms with E-state index in [0.717, 1.165) is 6.07 Å². The van der Waals surface area contributed by atoms with Gasteiger partial charge in [0.25, 0.3) is 0 Å². The van der Waals surface area contributed by atoms with Crippen molar-refractivity contribution in [2.75, 3.05) is 31.5 Å². The van der Waals surface area contributed by atoms with Crippen molar-refractivity contribution in [1.29, 1.82) is 0 Å². The molecule has 1 saturated heterocycles. The molecule has 0 aliphatic carbocycles. The maximum Gasteiger partial charge on any atom is 0.419 e. The van der Waals surface area contributed by atoms with Crippen molar-refractivity contribution in [3.8, 4) is 0 Å². The number of likely N-dealkylation sites (tertiary alicyclic amines) is 1. The summed E-state index contributed by atoms with van der Waals surface area (Å²) in [5, 5.41) is 5.30. The Morgan fingerprint density at radius 1 is 1.36 bits per heavy atom. The molecule has 1 aromatic rings. The van der Waals surface area contributed by atoms with E-state index in [1.165, 1.54) is 19.2 Å². The Balaban J connectivity index is 1.84. The number of nitrogens with zero attached hydrogens (tertiary/aromatic N) is 2. The number of rotatable bonds is 5. The number of amides is 2. The van der Waals surface area contributed by atoms with Crippen LogP contribution in [0.2, 0.25) is 0 Å². The van der Waals surface area contributed by atoms with Crippen molar-refractivity contribution >= 4 is 17.6 Å². The SMILES string of the molecule is CC(=O)N1CCC(C)(C(=O)NCCNc2ncccc2C(F)(F)F)C1. The lowest BCUT2D eigenvalue weighted by molar-refractivity contribution is -0.137. The van der Waals surface area contributed by atoms with E-state index in [2.05, 4.69) is 15.6 Å². The van der Waals surface area contributed by atoms with Crippen LogP contribution in [0.1, 0.15) is 25.8 Å². The van der Waals surface area contributed by atoms with Crippen LogP contribution in [0.4, 0.5) is 19.0 Å². The summed E-state index contributed by atoms with van der Waals surface area (Å²) in [4.78, 5) is 29.0. The van der Waals surface area contributed by atoms with Gasteiger partial charge in [-0.15, -0.1) is 0 Å². The van der Waals surface area contributed by atoms with Crippen LogP contribution in [0, 0.1) is 5.41 Å². The first-order chi connectivity index (χ1) is 11.6. The Bertz CT molecular complexity index is 651. The van der Waals surface area contributed by atoms with Crippen LogP contribution in [0.25, 0.3) is 0 Å². The molecular formula is C16H21F3N4O2. The molecule has 138 valence electrons. The summed E-state index contributed by atoms with van der Waals surface area (Å²) in [6.07, 6.45) is -2.66. The van der Waals surface area contributed by atoms with Crippen molar-refractivity contribution < 1.29 is 22.8 Å². The average Bonchev–Trinajstić information content (AvgIpc) is 2.95. The van der Waals surface area contributed by atoms with Gasteiger partial charge in [0, 0.05) is 39.3 Å². The molecule has 1 aromatic heterocycles. The van der Waals surface area contributed by atoms with Crippen LogP contribution in [-0.4, -0.2) is 47.9 Å². The lowest BCUT2D eigenvalue weighted by Gasteiger charge is -2.23. The standard InChI is InChI=1S/C16H21F3N4O2/c1-11(24)23-9-5-15(2,10-23)14(25)22-8-7-21-13-12(16(17,18)19)4-3-6-20-13/h3-4,6H,5,7-10H2,1-2H3,(H,20,21)(H,22,25). The topological polar surface area (TPSA) is 74.3 Å². The Morgan fingerprint density at radius 2 is 2.08 bits per heavy atom. The minimum Gasteiger partial charge on any atom is -0.368 e. The summed E-state index contributed by atoms with van der Waals surface area (Å²) in [6, 6.07) is 2.17. The highest BCUT2D eigenvalue weighted by Crippen LogP contribution is 2.33. The number of hydrogen-bond acceptors (Lipinski definition) is 4. The molecule has 1 atom stereocenters. The van der Waals surface area contributed by atoms with Crippen molar-refractivity contribution in [3.05, 3.63) is 23.9 Å². The number of carbonyl (C=O) groups is 2. The predicted molar refractivity (Wildman–Crippen MR) is 85.7 cm³/mol. The summed E-state index contributed by atoms with van der Waals surface area (Å²) >= 11 is 0. The van der Waals surface area contributed by atoms with Crippen LogP contribution in [-0.2, 0) is 15.8 Å². The monoisotopic (exact) mass is 358 g/mol. The predicted octanol–water partition coefficient (Wildman–Crippen LogP) is 1.89. The molecule has 1 aliphatic rings. The molecule has 2 heterocycles.